The lowest BCUT2D eigenvalue weighted by molar-refractivity contribution is 0.415. The number of halogens is 2. The first-order valence-corrected chi connectivity index (χ1v) is 7.19. The lowest BCUT2D eigenvalue weighted by Gasteiger charge is -2.10. The van der Waals surface area contributed by atoms with Gasteiger partial charge in [0.25, 0.3) is 0 Å². The molecular weight excluding hydrogens is 282 g/mol. The summed E-state index contributed by atoms with van der Waals surface area (Å²) in [5.74, 6) is -1.16. The molecular formula is C19H16F2O. The van der Waals surface area contributed by atoms with Gasteiger partial charge in [0.2, 0.25) is 0 Å². The predicted molar refractivity (Wildman–Crippen MR) is 85.2 cm³/mol. The minimum Gasteiger partial charge on any atom is -0.497 e. The van der Waals surface area contributed by atoms with Crippen LogP contribution in [0.2, 0.25) is 0 Å². The molecule has 0 saturated heterocycles. The molecule has 3 aromatic carbocycles. The quantitative estimate of drug-likeness (QED) is 0.633. The van der Waals surface area contributed by atoms with Crippen molar-refractivity contribution in [2.75, 3.05) is 7.11 Å². The maximum absolute atomic E-state index is 14.4. The number of fused-ring (bicyclic) bond motifs is 1. The maximum atomic E-state index is 14.4. The Kier molecular flexibility index (Phi) is 3.80. The van der Waals surface area contributed by atoms with E-state index in [1.165, 1.54) is 13.2 Å². The van der Waals surface area contributed by atoms with Crippen LogP contribution in [0.4, 0.5) is 8.78 Å². The topological polar surface area (TPSA) is 9.23 Å². The van der Waals surface area contributed by atoms with Crippen LogP contribution in [0.3, 0.4) is 0 Å². The summed E-state index contributed by atoms with van der Waals surface area (Å²) in [6.45, 7) is 2.05. The molecule has 0 aliphatic heterocycles. The van der Waals surface area contributed by atoms with E-state index < -0.39 is 11.6 Å². The Morgan fingerprint density at radius 1 is 0.909 bits per heavy atom. The van der Waals surface area contributed by atoms with Crippen molar-refractivity contribution < 1.29 is 13.5 Å². The summed E-state index contributed by atoms with van der Waals surface area (Å²) in [6.07, 6.45) is 0.911. The molecule has 1 nitrogen and oxygen atoms in total. The lowest BCUT2D eigenvalue weighted by Crippen LogP contribution is -1.93. The molecule has 0 aliphatic carbocycles. The molecule has 22 heavy (non-hydrogen) atoms. The van der Waals surface area contributed by atoms with Crippen LogP contribution in [-0.2, 0) is 6.42 Å². The first kappa shape index (κ1) is 14.5. The van der Waals surface area contributed by atoms with Gasteiger partial charge in [-0.1, -0.05) is 37.3 Å². The van der Waals surface area contributed by atoms with Crippen LogP contribution in [0, 0.1) is 11.6 Å². The molecule has 112 valence electrons. The Labute approximate surface area is 128 Å². The molecule has 3 rings (SSSR count). The average molecular weight is 298 g/mol. The summed E-state index contributed by atoms with van der Waals surface area (Å²) in [5, 5.41) is 0.875. The van der Waals surface area contributed by atoms with E-state index in [0.29, 0.717) is 16.7 Å². The minimum absolute atomic E-state index is 0.228. The summed E-state index contributed by atoms with van der Waals surface area (Å²) in [6, 6.07) is 14.2. The Hall–Kier alpha value is -2.42. The van der Waals surface area contributed by atoms with Crippen molar-refractivity contribution in [3.63, 3.8) is 0 Å². The molecule has 0 aliphatic rings. The molecule has 0 heterocycles. The van der Waals surface area contributed by atoms with Gasteiger partial charge in [-0.2, -0.15) is 0 Å². The fraction of sp³-hybridized carbons (Fsp3) is 0.158. The third-order valence-corrected chi connectivity index (χ3v) is 3.90. The zero-order chi connectivity index (χ0) is 15.7. The van der Waals surface area contributed by atoms with Crippen LogP contribution in [0.15, 0.2) is 48.5 Å². The average Bonchev–Trinajstić information content (AvgIpc) is 2.58. The highest BCUT2D eigenvalue weighted by molar-refractivity contribution is 5.89. The second-order valence-corrected chi connectivity index (χ2v) is 5.19. The largest absolute Gasteiger partial charge is 0.497 e. The molecule has 0 bridgehead atoms. The monoisotopic (exact) mass is 298 g/mol. The van der Waals surface area contributed by atoms with E-state index in [0.717, 1.165) is 12.0 Å². The van der Waals surface area contributed by atoms with Gasteiger partial charge in [-0.3, -0.25) is 0 Å². The van der Waals surface area contributed by atoms with Gasteiger partial charge in [-0.25, -0.2) is 8.78 Å². The smallest absolute Gasteiger partial charge is 0.167 e. The van der Waals surface area contributed by atoms with Crippen LogP contribution in [0.1, 0.15) is 12.5 Å². The van der Waals surface area contributed by atoms with Crippen molar-refractivity contribution in [2.24, 2.45) is 0 Å². The third kappa shape index (κ3) is 2.43. The first-order chi connectivity index (χ1) is 10.6. The number of rotatable bonds is 3. The number of hydrogen-bond donors (Lipinski definition) is 0. The van der Waals surface area contributed by atoms with Crippen LogP contribution in [0.25, 0.3) is 21.9 Å². The van der Waals surface area contributed by atoms with Crippen molar-refractivity contribution >= 4 is 10.8 Å². The Balaban J connectivity index is 2.19. The van der Waals surface area contributed by atoms with Crippen molar-refractivity contribution in [3.05, 3.63) is 65.7 Å². The van der Waals surface area contributed by atoms with Crippen molar-refractivity contribution in [2.45, 2.75) is 13.3 Å². The number of aryl methyl sites for hydroxylation is 1. The van der Waals surface area contributed by atoms with E-state index in [1.54, 1.807) is 18.2 Å². The predicted octanol–water partition coefficient (Wildman–Crippen LogP) is 5.36. The van der Waals surface area contributed by atoms with Gasteiger partial charge in [-0.15, -0.1) is 0 Å². The summed E-state index contributed by atoms with van der Waals surface area (Å²) in [7, 11) is 1.50. The summed E-state index contributed by atoms with van der Waals surface area (Å²) >= 11 is 0. The normalized spacial score (nSPS) is 10.9. The van der Waals surface area contributed by atoms with E-state index in [1.807, 2.05) is 24.3 Å². The second kappa shape index (κ2) is 5.76. The molecule has 0 amide bonds. The number of methoxy groups -OCH3 is 1. The fourth-order valence-electron chi connectivity index (χ4n) is 2.56. The third-order valence-electron chi connectivity index (χ3n) is 3.90. The zero-order valence-electron chi connectivity index (χ0n) is 12.5. The Morgan fingerprint density at radius 3 is 2.27 bits per heavy atom. The van der Waals surface area contributed by atoms with Crippen molar-refractivity contribution in [1.29, 1.82) is 0 Å². The van der Waals surface area contributed by atoms with Crippen LogP contribution in [-0.4, -0.2) is 7.11 Å². The van der Waals surface area contributed by atoms with E-state index in [9.17, 15) is 8.78 Å². The molecule has 0 saturated carbocycles. The zero-order valence-corrected chi connectivity index (χ0v) is 12.5. The molecule has 0 radical (unpaired) electrons. The van der Waals surface area contributed by atoms with Crippen molar-refractivity contribution in [3.8, 4) is 16.9 Å². The van der Waals surface area contributed by atoms with Crippen molar-refractivity contribution in [1.82, 2.24) is 0 Å². The van der Waals surface area contributed by atoms with Crippen LogP contribution >= 0.6 is 0 Å². The molecule has 0 fully saturated rings. The van der Waals surface area contributed by atoms with E-state index in [2.05, 4.69) is 6.92 Å². The number of hydrogen-bond acceptors (Lipinski definition) is 1. The van der Waals surface area contributed by atoms with Gasteiger partial charge in [-0.05, 0) is 41.1 Å². The Bertz CT molecular complexity index is 823. The maximum Gasteiger partial charge on any atom is 0.167 e. The standard InChI is InChI=1S/C19H16F2O/c1-3-12-4-6-13(7-5-12)16-10-14-8-9-15(22-2)11-17(14)19(21)18(16)20/h4-11H,3H2,1-2H3. The van der Waals surface area contributed by atoms with Gasteiger partial charge >= 0.3 is 0 Å². The molecule has 0 spiro atoms. The summed E-state index contributed by atoms with van der Waals surface area (Å²) < 4.78 is 33.9. The van der Waals surface area contributed by atoms with Gasteiger partial charge in [0.15, 0.2) is 11.6 Å². The molecule has 3 aromatic rings. The van der Waals surface area contributed by atoms with E-state index >= 15 is 0 Å². The molecule has 0 N–H and O–H groups in total. The fourth-order valence-corrected chi connectivity index (χ4v) is 2.56. The Morgan fingerprint density at radius 2 is 1.64 bits per heavy atom. The lowest BCUT2D eigenvalue weighted by atomic mass is 9.98. The van der Waals surface area contributed by atoms with Gasteiger partial charge in [0.1, 0.15) is 5.75 Å². The summed E-state index contributed by atoms with van der Waals surface area (Å²) in [5.41, 5.74) is 2.11. The molecule has 0 aromatic heterocycles. The minimum atomic E-state index is -0.842. The van der Waals surface area contributed by atoms with E-state index in [4.69, 9.17) is 4.74 Å². The highest BCUT2D eigenvalue weighted by atomic mass is 19.2. The SMILES string of the molecule is CCc1ccc(-c2cc3ccc(OC)cc3c(F)c2F)cc1. The van der Waals surface area contributed by atoms with Crippen LogP contribution in [0.5, 0.6) is 5.75 Å². The van der Waals surface area contributed by atoms with Gasteiger partial charge in [0.05, 0.1) is 7.11 Å². The second-order valence-electron chi connectivity index (χ2n) is 5.19. The molecule has 0 atom stereocenters. The number of benzene rings is 3. The molecule has 0 unspecified atom stereocenters. The van der Waals surface area contributed by atoms with E-state index in [-0.39, 0.29) is 10.9 Å². The molecule has 3 heteroatoms. The highest BCUT2D eigenvalue weighted by Gasteiger charge is 2.15. The van der Waals surface area contributed by atoms with Crippen LogP contribution < -0.4 is 4.74 Å². The van der Waals surface area contributed by atoms with Gasteiger partial charge in [0, 0.05) is 10.9 Å². The highest BCUT2D eigenvalue weighted by Crippen LogP contribution is 2.32. The number of ether oxygens (including phenoxy) is 1. The van der Waals surface area contributed by atoms with Gasteiger partial charge < -0.3 is 4.74 Å². The first-order valence-electron chi connectivity index (χ1n) is 7.19. The summed E-state index contributed by atoms with van der Waals surface area (Å²) in [4.78, 5) is 0.